The Morgan fingerprint density at radius 2 is 1.46 bits per heavy atom. The second-order valence-corrected chi connectivity index (χ2v) is 6.98. The molecule has 0 spiro atoms. The molecular weight excluding hydrogens is 322 g/mol. The summed E-state index contributed by atoms with van der Waals surface area (Å²) in [7, 11) is 1.82. The van der Waals surface area contributed by atoms with Crippen LogP contribution in [0.1, 0.15) is 85.0 Å². The molecular formula is C18H38ClN5. The van der Waals surface area contributed by atoms with Crippen molar-refractivity contribution in [2.45, 2.75) is 90.6 Å². The smallest absolute Gasteiger partial charge is 0.223 e. The van der Waals surface area contributed by atoms with Gasteiger partial charge in [0.25, 0.3) is 0 Å². The van der Waals surface area contributed by atoms with E-state index >= 15 is 0 Å². The van der Waals surface area contributed by atoms with Gasteiger partial charge in [-0.1, -0.05) is 64.7 Å². The first-order chi connectivity index (χ1) is 11.0. The van der Waals surface area contributed by atoms with E-state index in [-0.39, 0.29) is 18.1 Å². The lowest BCUT2D eigenvalue weighted by atomic mass is 10.1. The van der Waals surface area contributed by atoms with Gasteiger partial charge in [-0.25, -0.2) is 4.99 Å². The highest BCUT2D eigenvalue weighted by molar-refractivity contribution is 5.96. The fourth-order valence-corrected chi connectivity index (χ4v) is 3.05. The molecule has 1 aliphatic heterocycles. The fourth-order valence-electron chi connectivity index (χ4n) is 3.05. The zero-order valence-electron chi connectivity index (χ0n) is 16.1. The Morgan fingerprint density at radius 1 is 0.958 bits per heavy atom. The zero-order chi connectivity index (χ0) is 17.1. The average molecular weight is 360 g/mol. The maximum Gasteiger partial charge on any atom is 0.223 e. The van der Waals surface area contributed by atoms with E-state index in [0.29, 0.717) is 11.9 Å². The van der Waals surface area contributed by atoms with Crippen LogP contribution in [0.15, 0.2) is 9.98 Å². The number of aliphatic imine (C=N–C) groups is 2. The number of nitrogens with two attached hydrogens (primary N) is 1. The molecule has 0 bridgehead atoms. The minimum Gasteiger partial charge on any atom is -0.369 e. The van der Waals surface area contributed by atoms with Gasteiger partial charge < -0.3 is 16.0 Å². The number of hydrogen-bond donors (Lipinski definition) is 2. The number of guanidine groups is 2. The van der Waals surface area contributed by atoms with E-state index in [4.69, 9.17) is 5.73 Å². The van der Waals surface area contributed by atoms with Crippen molar-refractivity contribution in [2.24, 2.45) is 15.7 Å². The molecule has 0 amide bonds. The maximum atomic E-state index is 6.10. The van der Waals surface area contributed by atoms with Crippen molar-refractivity contribution in [3.63, 3.8) is 0 Å². The molecule has 0 saturated carbocycles. The van der Waals surface area contributed by atoms with Crippen molar-refractivity contribution < 1.29 is 0 Å². The lowest BCUT2D eigenvalue weighted by Gasteiger charge is -2.39. The van der Waals surface area contributed by atoms with Gasteiger partial charge in [-0.3, -0.25) is 0 Å². The Balaban J connectivity index is 0.00000529. The minimum absolute atomic E-state index is 0. The standard InChI is InChI=1S/C18H37N5.ClH/c1-5-6-7-8-9-10-11-12-13-14-15-23-16(19)21-17(20-4)22-18(23,2)3;/h5-15H2,1-4H3,(H3,19,20,21,22);1H. The Kier molecular flexibility index (Phi) is 11.9. The molecule has 24 heavy (non-hydrogen) atoms. The minimum atomic E-state index is -0.316. The quantitative estimate of drug-likeness (QED) is 0.541. The summed E-state index contributed by atoms with van der Waals surface area (Å²) >= 11 is 0. The number of halogens is 1. The zero-order valence-corrected chi connectivity index (χ0v) is 16.9. The molecule has 1 rings (SSSR count). The Morgan fingerprint density at radius 3 is 1.92 bits per heavy atom. The molecule has 6 heteroatoms. The number of nitrogens with one attached hydrogen (secondary N) is 1. The molecule has 0 fully saturated rings. The van der Waals surface area contributed by atoms with Gasteiger partial charge in [-0.05, 0) is 20.3 Å². The van der Waals surface area contributed by atoms with Crippen LogP contribution in [0.4, 0.5) is 0 Å². The number of rotatable bonds is 11. The largest absolute Gasteiger partial charge is 0.369 e. The van der Waals surface area contributed by atoms with Crippen LogP contribution in [0, 0.1) is 0 Å². The van der Waals surface area contributed by atoms with E-state index in [0.717, 1.165) is 13.0 Å². The predicted octanol–water partition coefficient (Wildman–Crippen LogP) is 4.27. The highest BCUT2D eigenvalue weighted by atomic mass is 35.5. The van der Waals surface area contributed by atoms with Crippen LogP contribution in [0.5, 0.6) is 0 Å². The van der Waals surface area contributed by atoms with E-state index in [1.807, 2.05) is 7.05 Å². The van der Waals surface area contributed by atoms with E-state index < -0.39 is 0 Å². The summed E-state index contributed by atoms with van der Waals surface area (Å²) in [6, 6.07) is 0. The summed E-state index contributed by atoms with van der Waals surface area (Å²) in [5.41, 5.74) is 5.78. The molecule has 5 nitrogen and oxygen atoms in total. The summed E-state index contributed by atoms with van der Waals surface area (Å²) in [6.07, 6.45) is 13.4. The predicted molar refractivity (Wildman–Crippen MR) is 108 cm³/mol. The van der Waals surface area contributed by atoms with Crippen LogP contribution in [0.25, 0.3) is 0 Å². The molecule has 0 aromatic carbocycles. The highest BCUT2D eigenvalue weighted by Crippen LogP contribution is 2.20. The molecule has 0 atom stereocenters. The Hall–Kier alpha value is -0.970. The third-order valence-corrected chi connectivity index (χ3v) is 4.50. The lowest BCUT2D eigenvalue weighted by Crippen LogP contribution is -2.54. The summed E-state index contributed by atoms with van der Waals surface area (Å²) in [4.78, 5) is 11.0. The highest BCUT2D eigenvalue weighted by Gasteiger charge is 2.31. The second kappa shape index (κ2) is 12.4. The first kappa shape index (κ1) is 23.0. The normalized spacial score (nSPS) is 16.2. The van der Waals surface area contributed by atoms with Gasteiger partial charge in [0.1, 0.15) is 5.66 Å². The lowest BCUT2D eigenvalue weighted by molar-refractivity contribution is 0.213. The molecule has 0 aromatic rings. The van der Waals surface area contributed by atoms with Gasteiger partial charge in [-0.15, -0.1) is 12.4 Å². The van der Waals surface area contributed by atoms with Crippen LogP contribution in [-0.4, -0.2) is 36.1 Å². The molecule has 142 valence electrons. The number of hydrogen-bond acceptors (Lipinski definition) is 5. The summed E-state index contributed by atoms with van der Waals surface area (Å²) in [6.45, 7) is 7.37. The molecule has 1 aliphatic rings. The number of unbranched alkanes of at least 4 members (excludes halogenated alkanes) is 9. The first-order valence-corrected chi connectivity index (χ1v) is 9.40. The Labute approximate surface area is 155 Å². The van der Waals surface area contributed by atoms with Gasteiger partial charge in [0.2, 0.25) is 11.9 Å². The van der Waals surface area contributed by atoms with Crippen molar-refractivity contribution in [1.82, 2.24) is 10.2 Å². The van der Waals surface area contributed by atoms with Crippen molar-refractivity contribution in [3.8, 4) is 0 Å². The van der Waals surface area contributed by atoms with Crippen molar-refractivity contribution in [1.29, 1.82) is 0 Å². The maximum absolute atomic E-state index is 6.10. The van der Waals surface area contributed by atoms with Crippen LogP contribution in [0.2, 0.25) is 0 Å². The second-order valence-electron chi connectivity index (χ2n) is 6.98. The molecule has 1 heterocycles. The summed E-state index contributed by atoms with van der Waals surface area (Å²) < 4.78 is 0. The molecule has 3 N–H and O–H groups in total. The van der Waals surface area contributed by atoms with Crippen molar-refractivity contribution >= 4 is 24.3 Å². The molecule has 0 saturated heterocycles. The van der Waals surface area contributed by atoms with E-state index in [9.17, 15) is 0 Å². The topological polar surface area (TPSA) is 66.0 Å². The monoisotopic (exact) mass is 359 g/mol. The average Bonchev–Trinajstić information content (AvgIpc) is 2.50. The fraction of sp³-hybridized carbons (Fsp3) is 0.889. The van der Waals surface area contributed by atoms with Crippen molar-refractivity contribution in [3.05, 3.63) is 0 Å². The van der Waals surface area contributed by atoms with E-state index in [1.165, 1.54) is 57.8 Å². The number of nitrogens with zero attached hydrogens (tertiary/aromatic N) is 3. The van der Waals surface area contributed by atoms with Gasteiger partial charge in [0.05, 0.1) is 0 Å². The summed E-state index contributed by atoms with van der Waals surface area (Å²) in [5.74, 6) is 1.19. The SMILES string of the molecule is CCCCCCCCCCCCN1C(N)=NC(NC)=NC1(C)C.Cl. The molecule has 0 unspecified atom stereocenters. The van der Waals surface area contributed by atoms with Crippen LogP contribution < -0.4 is 11.1 Å². The Bertz CT molecular complexity index is 393. The summed E-state index contributed by atoms with van der Waals surface area (Å²) in [5, 5.41) is 2.97. The third-order valence-electron chi connectivity index (χ3n) is 4.50. The van der Waals surface area contributed by atoms with E-state index in [2.05, 4.69) is 41.0 Å². The van der Waals surface area contributed by atoms with Crippen LogP contribution in [0.3, 0.4) is 0 Å². The third kappa shape index (κ3) is 8.22. The van der Waals surface area contributed by atoms with Gasteiger partial charge in [0.15, 0.2) is 0 Å². The van der Waals surface area contributed by atoms with Crippen LogP contribution >= 0.6 is 12.4 Å². The molecule has 0 aromatic heterocycles. The van der Waals surface area contributed by atoms with Crippen molar-refractivity contribution in [2.75, 3.05) is 13.6 Å². The molecule has 0 radical (unpaired) electrons. The van der Waals surface area contributed by atoms with Gasteiger partial charge >= 0.3 is 0 Å². The van der Waals surface area contributed by atoms with Crippen LogP contribution in [-0.2, 0) is 0 Å². The molecule has 0 aliphatic carbocycles. The van der Waals surface area contributed by atoms with Gasteiger partial charge in [0, 0.05) is 13.6 Å². The van der Waals surface area contributed by atoms with Gasteiger partial charge in [-0.2, -0.15) is 4.99 Å². The first-order valence-electron chi connectivity index (χ1n) is 9.40. The van der Waals surface area contributed by atoms with E-state index in [1.54, 1.807) is 0 Å².